The molecule has 124 valence electrons. The lowest BCUT2D eigenvalue weighted by Gasteiger charge is -2.40. The van der Waals surface area contributed by atoms with Crippen molar-refractivity contribution in [1.29, 1.82) is 0 Å². The van der Waals surface area contributed by atoms with Crippen LogP contribution in [0.1, 0.15) is 54.3 Å². The van der Waals surface area contributed by atoms with Crippen LogP contribution >= 0.6 is 0 Å². The minimum atomic E-state index is 0.0524. The molecule has 4 nitrogen and oxygen atoms in total. The van der Waals surface area contributed by atoms with Crippen LogP contribution in [0.25, 0.3) is 0 Å². The molecule has 24 heavy (non-hydrogen) atoms. The first-order valence-corrected chi connectivity index (χ1v) is 8.65. The second kappa shape index (κ2) is 6.00. The van der Waals surface area contributed by atoms with Crippen molar-refractivity contribution in [2.75, 3.05) is 7.11 Å². The first kappa shape index (κ1) is 15.3. The normalized spacial score (nSPS) is 28.5. The van der Waals surface area contributed by atoms with E-state index in [1.807, 2.05) is 12.3 Å². The monoisotopic (exact) mass is 322 g/mol. The van der Waals surface area contributed by atoms with Crippen LogP contribution in [0.15, 0.2) is 36.7 Å². The topological polar surface area (TPSA) is 52.1 Å². The van der Waals surface area contributed by atoms with Gasteiger partial charge in [-0.05, 0) is 48.6 Å². The molecule has 0 amide bonds. The van der Waals surface area contributed by atoms with E-state index in [9.17, 15) is 4.79 Å². The largest absolute Gasteiger partial charge is 0.480 e. The number of hydrogen-bond donors (Lipinski definition) is 0. The van der Waals surface area contributed by atoms with Crippen LogP contribution in [0, 0.1) is 5.41 Å². The lowest BCUT2D eigenvalue weighted by atomic mass is 9.64. The van der Waals surface area contributed by atoms with Crippen LogP contribution in [0.3, 0.4) is 0 Å². The van der Waals surface area contributed by atoms with Gasteiger partial charge in [-0.15, -0.1) is 0 Å². The molecule has 0 saturated heterocycles. The van der Waals surface area contributed by atoms with Gasteiger partial charge in [-0.3, -0.25) is 4.98 Å². The molecule has 0 N–H and O–H groups in total. The van der Waals surface area contributed by atoms with E-state index in [2.05, 4.69) is 28.2 Å². The maximum absolute atomic E-state index is 11.8. The number of rotatable bonds is 3. The number of nitrogens with zero attached hydrogens (tertiary/aromatic N) is 2. The van der Waals surface area contributed by atoms with E-state index < -0.39 is 0 Å². The summed E-state index contributed by atoms with van der Waals surface area (Å²) in [6, 6.07) is 8.44. The molecule has 1 spiro atoms. The number of methoxy groups -OCH3 is 1. The maximum atomic E-state index is 11.8. The molecular weight excluding hydrogens is 300 g/mol. The molecule has 0 radical (unpaired) electrons. The van der Waals surface area contributed by atoms with Gasteiger partial charge in [0.15, 0.2) is 0 Å². The van der Waals surface area contributed by atoms with Crippen LogP contribution in [0.2, 0.25) is 0 Å². The molecule has 1 unspecified atom stereocenters. The van der Waals surface area contributed by atoms with Crippen molar-refractivity contribution in [3.63, 3.8) is 0 Å². The standard InChI is InChI=1S/C20H22N2O2/c1-24-19-12-21-18(11-22-19)14-6-8-20(9-7-14)10-15-4-2-3-5-16(15)17(20)13-23/h2-5,11-14,17H,6-10H2,1H3. The molecule has 4 heteroatoms. The van der Waals surface area contributed by atoms with Crippen molar-refractivity contribution in [3.05, 3.63) is 53.5 Å². The van der Waals surface area contributed by atoms with Gasteiger partial charge in [0, 0.05) is 11.8 Å². The molecule has 1 aromatic carbocycles. The van der Waals surface area contributed by atoms with Gasteiger partial charge >= 0.3 is 0 Å². The Hall–Kier alpha value is -2.23. The Morgan fingerprint density at radius 2 is 1.96 bits per heavy atom. The summed E-state index contributed by atoms with van der Waals surface area (Å²) in [5.74, 6) is 1.04. The molecule has 2 aromatic rings. The van der Waals surface area contributed by atoms with E-state index in [0.717, 1.165) is 37.8 Å². The molecule has 2 aliphatic carbocycles. The lowest BCUT2D eigenvalue weighted by Crippen LogP contribution is -2.32. The van der Waals surface area contributed by atoms with Crippen LogP contribution < -0.4 is 4.74 Å². The zero-order valence-corrected chi connectivity index (χ0v) is 13.9. The fourth-order valence-corrected chi connectivity index (χ4v) is 4.65. The van der Waals surface area contributed by atoms with E-state index in [1.165, 1.54) is 17.4 Å². The second-order valence-corrected chi connectivity index (χ2v) is 7.11. The van der Waals surface area contributed by atoms with Crippen LogP contribution in [-0.4, -0.2) is 23.4 Å². The average molecular weight is 322 g/mol. The van der Waals surface area contributed by atoms with Crippen molar-refractivity contribution in [3.8, 4) is 5.88 Å². The maximum Gasteiger partial charge on any atom is 0.231 e. The summed E-state index contributed by atoms with van der Waals surface area (Å²) in [5.41, 5.74) is 3.76. The van der Waals surface area contributed by atoms with Gasteiger partial charge in [-0.1, -0.05) is 24.3 Å². The predicted molar refractivity (Wildman–Crippen MR) is 91.2 cm³/mol. The minimum Gasteiger partial charge on any atom is -0.480 e. The lowest BCUT2D eigenvalue weighted by molar-refractivity contribution is -0.112. The number of hydrogen-bond acceptors (Lipinski definition) is 4. The Bertz CT molecular complexity index is 734. The van der Waals surface area contributed by atoms with E-state index in [-0.39, 0.29) is 11.3 Å². The van der Waals surface area contributed by atoms with Gasteiger partial charge in [0.2, 0.25) is 5.88 Å². The first-order chi connectivity index (χ1) is 11.8. The van der Waals surface area contributed by atoms with Gasteiger partial charge in [-0.2, -0.15) is 0 Å². The van der Waals surface area contributed by atoms with Gasteiger partial charge in [0.05, 0.1) is 25.2 Å². The summed E-state index contributed by atoms with van der Waals surface area (Å²) in [6.45, 7) is 0. The third-order valence-corrected chi connectivity index (χ3v) is 5.99. The van der Waals surface area contributed by atoms with E-state index in [4.69, 9.17) is 4.74 Å². The average Bonchev–Trinajstić information content (AvgIpc) is 2.95. The minimum absolute atomic E-state index is 0.0524. The number of carbonyl (C=O) groups is 1. The highest BCUT2D eigenvalue weighted by atomic mass is 16.5. The summed E-state index contributed by atoms with van der Waals surface area (Å²) in [4.78, 5) is 20.6. The zero-order valence-electron chi connectivity index (χ0n) is 13.9. The third kappa shape index (κ3) is 2.41. The van der Waals surface area contributed by atoms with Crippen molar-refractivity contribution >= 4 is 6.29 Å². The highest BCUT2D eigenvalue weighted by molar-refractivity contribution is 5.67. The molecule has 4 rings (SSSR count). The number of fused-ring (bicyclic) bond motifs is 1. The Labute approximate surface area is 142 Å². The van der Waals surface area contributed by atoms with Gasteiger partial charge in [-0.25, -0.2) is 4.98 Å². The number of aromatic nitrogens is 2. The Balaban J connectivity index is 1.52. The number of ether oxygens (including phenoxy) is 1. The smallest absolute Gasteiger partial charge is 0.231 e. The molecule has 2 aliphatic rings. The molecule has 0 bridgehead atoms. The quantitative estimate of drug-likeness (QED) is 0.809. The highest BCUT2D eigenvalue weighted by Crippen LogP contribution is 2.56. The summed E-state index contributed by atoms with van der Waals surface area (Å²) in [6.07, 6.45) is 10.0. The highest BCUT2D eigenvalue weighted by Gasteiger charge is 2.47. The van der Waals surface area contributed by atoms with Gasteiger partial charge in [0.1, 0.15) is 6.29 Å². The molecule has 1 atom stereocenters. The number of benzene rings is 1. The predicted octanol–water partition coefficient (Wildman–Crippen LogP) is 3.67. The van der Waals surface area contributed by atoms with E-state index >= 15 is 0 Å². The van der Waals surface area contributed by atoms with Gasteiger partial charge < -0.3 is 9.53 Å². The molecule has 1 saturated carbocycles. The third-order valence-electron chi connectivity index (χ3n) is 5.99. The SMILES string of the molecule is COc1cnc(C2CCC3(CC2)Cc2ccccc2C3C=O)cn1. The first-order valence-electron chi connectivity index (χ1n) is 8.65. The Kier molecular flexibility index (Phi) is 3.83. The van der Waals surface area contributed by atoms with E-state index in [0.29, 0.717) is 11.8 Å². The second-order valence-electron chi connectivity index (χ2n) is 7.11. The van der Waals surface area contributed by atoms with E-state index in [1.54, 1.807) is 13.3 Å². The summed E-state index contributed by atoms with van der Waals surface area (Å²) < 4.78 is 5.08. The molecule has 1 aromatic heterocycles. The van der Waals surface area contributed by atoms with Gasteiger partial charge in [0.25, 0.3) is 0 Å². The molecule has 1 heterocycles. The summed E-state index contributed by atoms with van der Waals surface area (Å²) in [5, 5.41) is 0. The molecule has 0 aliphatic heterocycles. The number of aldehydes is 1. The van der Waals surface area contributed by atoms with Crippen molar-refractivity contribution in [2.24, 2.45) is 5.41 Å². The number of carbonyl (C=O) groups excluding carboxylic acids is 1. The fourth-order valence-electron chi connectivity index (χ4n) is 4.65. The fraction of sp³-hybridized carbons (Fsp3) is 0.450. The summed E-state index contributed by atoms with van der Waals surface area (Å²) in [7, 11) is 1.60. The Morgan fingerprint density at radius 1 is 1.17 bits per heavy atom. The zero-order chi connectivity index (χ0) is 16.6. The van der Waals surface area contributed by atoms with Crippen LogP contribution in [0.4, 0.5) is 0 Å². The van der Waals surface area contributed by atoms with Crippen molar-refractivity contribution in [2.45, 2.75) is 43.9 Å². The molecular formula is C20H22N2O2. The van der Waals surface area contributed by atoms with Crippen LogP contribution in [-0.2, 0) is 11.2 Å². The Morgan fingerprint density at radius 3 is 2.62 bits per heavy atom. The summed E-state index contributed by atoms with van der Waals surface area (Å²) >= 11 is 0. The van der Waals surface area contributed by atoms with Crippen molar-refractivity contribution in [1.82, 2.24) is 9.97 Å². The van der Waals surface area contributed by atoms with Crippen LogP contribution in [0.5, 0.6) is 5.88 Å². The molecule has 1 fully saturated rings. The van der Waals surface area contributed by atoms with Crippen molar-refractivity contribution < 1.29 is 9.53 Å².